The molecule has 2 aromatic rings. The molecule has 0 fully saturated rings. The number of anilines is 1. The number of hydrogen-bond acceptors (Lipinski definition) is 4. The molecule has 0 aliphatic heterocycles. The van der Waals surface area contributed by atoms with Gasteiger partial charge in [-0.1, -0.05) is 50.2 Å². The van der Waals surface area contributed by atoms with Crippen LogP contribution in [-0.2, 0) is 14.8 Å². The topological polar surface area (TPSA) is 101 Å². The van der Waals surface area contributed by atoms with E-state index in [1.165, 1.54) is 12.1 Å². The molecule has 0 radical (unpaired) electrons. The van der Waals surface area contributed by atoms with Gasteiger partial charge in [-0.3, -0.25) is 10.1 Å². The summed E-state index contributed by atoms with van der Waals surface area (Å²) in [7, 11) is -3.82. The van der Waals surface area contributed by atoms with Gasteiger partial charge < -0.3 is 5.32 Å². The number of hydrogen-bond donors (Lipinski definition) is 3. The van der Waals surface area contributed by atoms with Crippen molar-refractivity contribution in [3.8, 4) is 0 Å². The van der Waals surface area contributed by atoms with Gasteiger partial charge in [0.2, 0.25) is 15.9 Å². The van der Waals surface area contributed by atoms with Gasteiger partial charge >= 0.3 is 0 Å². The van der Waals surface area contributed by atoms with Gasteiger partial charge in [0, 0.05) is 11.7 Å². The fourth-order valence-corrected chi connectivity index (χ4v) is 3.40. The number of amides is 1. The van der Waals surface area contributed by atoms with E-state index < -0.39 is 16.1 Å². The summed E-state index contributed by atoms with van der Waals surface area (Å²) >= 11 is 0. The smallest absolute Gasteiger partial charge is 0.241 e. The molecule has 4 N–H and O–H groups in total. The molecule has 27 heavy (non-hydrogen) atoms. The summed E-state index contributed by atoms with van der Waals surface area (Å²) < 4.78 is 22.9. The largest absolute Gasteiger partial charge is 0.325 e. The molecule has 0 saturated carbocycles. The van der Waals surface area contributed by atoms with E-state index in [1.54, 1.807) is 19.1 Å². The van der Waals surface area contributed by atoms with Crippen LogP contribution >= 0.6 is 0 Å². The molecule has 0 aliphatic rings. The van der Waals surface area contributed by atoms with Crippen molar-refractivity contribution in [2.45, 2.75) is 44.2 Å². The Kier molecular flexibility index (Phi) is 7.12. The highest BCUT2D eigenvalue weighted by Gasteiger charge is 2.20. The standard InChI is InChI=1S/C20H27N3O3S/c1-14(2)12-19(16-8-5-4-6-9-16)22-15(3)20(24)23-17-10-7-11-18(13-17)27(21,25)26/h4-11,13-15,19,22H,12H2,1-3H3,(H,23,24)(H2,21,25,26)/t15-,19-/m1/s1. The Labute approximate surface area is 161 Å². The van der Waals surface area contributed by atoms with Crippen molar-refractivity contribution in [3.05, 3.63) is 60.2 Å². The second-order valence-electron chi connectivity index (χ2n) is 7.04. The predicted octanol–water partition coefficient (Wildman–Crippen LogP) is 3.04. The maximum atomic E-state index is 12.6. The van der Waals surface area contributed by atoms with E-state index in [-0.39, 0.29) is 16.8 Å². The number of benzene rings is 2. The van der Waals surface area contributed by atoms with Gasteiger partial charge in [0.15, 0.2) is 0 Å². The highest BCUT2D eigenvalue weighted by molar-refractivity contribution is 7.89. The van der Waals surface area contributed by atoms with Crippen molar-refractivity contribution in [2.24, 2.45) is 11.1 Å². The van der Waals surface area contributed by atoms with Gasteiger partial charge in [0.1, 0.15) is 0 Å². The van der Waals surface area contributed by atoms with Crippen LogP contribution < -0.4 is 15.8 Å². The quantitative estimate of drug-likeness (QED) is 0.646. The summed E-state index contributed by atoms with van der Waals surface area (Å²) in [6.07, 6.45) is 0.891. The SMILES string of the molecule is CC(C)C[C@@H](N[C@H](C)C(=O)Nc1cccc(S(N)(=O)=O)c1)c1ccccc1. The van der Waals surface area contributed by atoms with Gasteiger partial charge in [0.25, 0.3) is 0 Å². The highest BCUT2D eigenvalue weighted by Crippen LogP contribution is 2.22. The lowest BCUT2D eigenvalue weighted by Crippen LogP contribution is -2.40. The third kappa shape index (κ3) is 6.46. The maximum absolute atomic E-state index is 12.6. The predicted molar refractivity (Wildman–Crippen MR) is 108 cm³/mol. The number of primary sulfonamides is 1. The van der Waals surface area contributed by atoms with Gasteiger partial charge in [-0.05, 0) is 43.0 Å². The zero-order valence-corrected chi connectivity index (χ0v) is 16.7. The summed E-state index contributed by atoms with van der Waals surface area (Å²) in [4.78, 5) is 12.5. The van der Waals surface area contributed by atoms with E-state index >= 15 is 0 Å². The average Bonchev–Trinajstić information content (AvgIpc) is 2.61. The molecule has 1 amide bonds. The van der Waals surface area contributed by atoms with Gasteiger partial charge in [-0.15, -0.1) is 0 Å². The van der Waals surface area contributed by atoms with Gasteiger partial charge in [0.05, 0.1) is 10.9 Å². The first kappa shape index (κ1) is 21.1. The van der Waals surface area contributed by atoms with E-state index in [1.807, 2.05) is 30.3 Å². The van der Waals surface area contributed by atoms with Crippen LogP contribution in [0.4, 0.5) is 5.69 Å². The van der Waals surface area contributed by atoms with Crippen molar-refractivity contribution in [2.75, 3.05) is 5.32 Å². The summed E-state index contributed by atoms with van der Waals surface area (Å²) in [6, 6.07) is 15.5. The molecular formula is C20H27N3O3S. The highest BCUT2D eigenvalue weighted by atomic mass is 32.2. The molecule has 0 bridgehead atoms. The Morgan fingerprint density at radius 3 is 2.30 bits per heavy atom. The second kappa shape index (κ2) is 9.12. The van der Waals surface area contributed by atoms with Crippen LogP contribution in [0.3, 0.4) is 0 Å². The summed E-state index contributed by atoms with van der Waals surface area (Å²) in [5.41, 5.74) is 1.52. The Bertz CT molecular complexity index is 867. The summed E-state index contributed by atoms with van der Waals surface area (Å²) in [6.45, 7) is 6.07. The summed E-state index contributed by atoms with van der Waals surface area (Å²) in [5.74, 6) is 0.218. The first-order valence-electron chi connectivity index (χ1n) is 8.91. The minimum absolute atomic E-state index is 0.0390. The van der Waals surface area contributed by atoms with Crippen molar-refractivity contribution in [3.63, 3.8) is 0 Å². The second-order valence-corrected chi connectivity index (χ2v) is 8.60. The zero-order chi connectivity index (χ0) is 20.0. The third-order valence-electron chi connectivity index (χ3n) is 4.18. The van der Waals surface area contributed by atoms with E-state index in [0.717, 1.165) is 12.0 Å². The van der Waals surface area contributed by atoms with E-state index in [9.17, 15) is 13.2 Å². The number of carbonyl (C=O) groups excluding carboxylic acids is 1. The molecular weight excluding hydrogens is 362 g/mol. The minimum Gasteiger partial charge on any atom is -0.325 e. The van der Waals surface area contributed by atoms with E-state index in [0.29, 0.717) is 11.6 Å². The van der Waals surface area contributed by atoms with Crippen LogP contribution in [0.2, 0.25) is 0 Å². The molecule has 0 saturated heterocycles. The van der Waals surface area contributed by atoms with Crippen LogP contribution in [0, 0.1) is 5.92 Å². The Morgan fingerprint density at radius 2 is 1.70 bits per heavy atom. The molecule has 0 aliphatic carbocycles. The molecule has 2 aromatic carbocycles. The van der Waals surface area contributed by atoms with Crippen molar-refractivity contribution in [1.82, 2.24) is 5.32 Å². The third-order valence-corrected chi connectivity index (χ3v) is 5.09. The zero-order valence-electron chi connectivity index (χ0n) is 15.8. The van der Waals surface area contributed by atoms with Crippen molar-refractivity contribution < 1.29 is 13.2 Å². The number of rotatable bonds is 8. The van der Waals surface area contributed by atoms with Gasteiger partial charge in [-0.2, -0.15) is 0 Å². The Hall–Kier alpha value is -2.22. The lowest BCUT2D eigenvalue weighted by Gasteiger charge is -2.25. The first-order chi connectivity index (χ1) is 12.7. The van der Waals surface area contributed by atoms with Crippen LogP contribution in [0.5, 0.6) is 0 Å². The minimum atomic E-state index is -3.82. The molecule has 146 valence electrons. The van der Waals surface area contributed by atoms with Crippen LogP contribution in [0.25, 0.3) is 0 Å². The van der Waals surface area contributed by atoms with Crippen molar-refractivity contribution >= 4 is 21.6 Å². The van der Waals surface area contributed by atoms with Crippen LogP contribution in [-0.4, -0.2) is 20.4 Å². The van der Waals surface area contributed by atoms with E-state index in [2.05, 4.69) is 24.5 Å². The lowest BCUT2D eigenvalue weighted by atomic mass is 9.96. The number of nitrogens with two attached hydrogens (primary N) is 1. The van der Waals surface area contributed by atoms with Crippen LogP contribution in [0.1, 0.15) is 38.8 Å². The number of sulfonamides is 1. The molecule has 0 unspecified atom stereocenters. The van der Waals surface area contributed by atoms with Crippen molar-refractivity contribution in [1.29, 1.82) is 0 Å². The Morgan fingerprint density at radius 1 is 1.04 bits per heavy atom. The fraction of sp³-hybridized carbons (Fsp3) is 0.350. The molecule has 2 rings (SSSR count). The monoisotopic (exact) mass is 389 g/mol. The molecule has 0 heterocycles. The maximum Gasteiger partial charge on any atom is 0.241 e. The van der Waals surface area contributed by atoms with Crippen LogP contribution in [0.15, 0.2) is 59.5 Å². The van der Waals surface area contributed by atoms with E-state index in [4.69, 9.17) is 5.14 Å². The Balaban J connectivity index is 2.09. The molecule has 2 atom stereocenters. The molecule has 0 aromatic heterocycles. The molecule has 7 heteroatoms. The normalized spacial score (nSPS) is 14.0. The number of nitrogens with one attached hydrogen (secondary N) is 2. The summed E-state index contributed by atoms with van der Waals surface area (Å²) in [5, 5.41) is 11.3. The first-order valence-corrected chi connectivity index (χ1v) is 10.5. The molecule has 0 spiro atoms. The fourth-order valence-electron chi connectivity index (χ4n) is 2.84. The average molecular weight is 390 g/mol. The van der Waals surface area contributed by atoms with Gasteiger partial charge in [-0.25, -0.2) is 13.6 Å². The molecule has 6 nitrogen and oxygen atoms in total. The lowest BCUT2D eigenvalue weighted by molar-refractivity contribution is -0.118. The number of carbonyl (C=O) groups is 1.